The summed E-state index contributed by atoms with van der Waals surface area (Å²) < 4.78 is 44.6. The average Bonchev–Trinajstić information content (AvgIpc) is 2.87. The summed E-state index contributed by atoms with van der Waals surface area (Å²) in [6, 6.07) is 17.3. The molecule has 192 valence electrons. The molecule has 1 N–H and O–H groups in total. The Bertz CT molecular complexity index is 1300. The summed E-state index contributed by atoms with van der Waals surface area (Å²) in [5, 5.41) is 3.27. The molecule has 0 aromatic heterocycles. The molecular formula is C26H29ClN2O6S. The number of nitrogens with zero attached hydrogens (tertiary/aromatic N) is 1. The largest absolute Gasteiger partial charge is 0.493 e. The minimum atomic E-state index is -4.13. The lowest BCUT2D eigenvalue weighted by Crippen LogP contribution is -2.41. The van der Waals surface area contributed by atoms with E-state index >= 15 is 0 Å². The van der Waals surface area contributed by atoms with Crippen LogP contribution in [0.5, 0.6) is 17.2 Å². The molecule has 0 aliphatic rings. The van der Waals surface area contributed by atoms with Gasteiger partial charge in [-0.3, -0.25) is 9.10 Å². The number of rotatable bonds is 11. The number of nitrogens with one attached hydrogen (secondary N) is 1. The Morgan fingerprint density at radius 3 is 2.28 bits per heavy atom. The van der Waals surface area contributed by atoms with Crippen LogP contribution in [-0.2, 0) is 14.8 Å². The number of carbonyl (C=O) groups excluding carboxylic acids is 1. The highest BCUT2D eigenvalue weighted by molar-refractivity contribution is 7.92. The fraction of sp³-hybridized carbons (Fsp3) is 0.269. The van der Waals surface area contributed by atoms with Gasteiger partial charge in [-0.25, -0.2) is 8.42 Å². The van der Waals surface area contributed by atoms with Gasteiger partial charge >= 0.3 is 0 Å². The number of para-hydroxylation sites is 2. The van der Waals surface area contributed by atoms with Gasteiger partial charge in [0.15, 0.2) is 11.5 Å². The Hall–Kier alpha value is -3.43. The maximum atomic E-state index is 13.7. The number of hydrogen-bond acceptors (Lipinski definition) is 6. The molecule has 0 aliphatic heterocycles. The van der Waals surface area contributed by atoms with Gasteiger partial charge in [0.2, 0.25) is 5.91 Å². The van der Waals surface area contributed by atoms with Gasteiger partial charge in [0.1, 0.15) is 12.3 Å². The van der Waals surface area contributed by atoms with Crippen molar-refractivity contribution >= 4 is 33.2 Å². The summed E-state index contributed by atoms with van der Waals surface area (Å²) in [6.45, 7) is 3.46. The van der Waals surface area contributed by atoms with Crippen LogP contribution in [0.15, 0.2) is 71.6 Å². The molecule has 10 heteroatoms. The summed E-state index contributed by atoms with van der Waals surface area (Å²) in [7, 11) is -1.06. The van der Waals surface area contributed by atoms with E-state index in [0.717, 1.165) is 9.87 Å². The van der Waals surface area contributed by atoms with Crippen molar-refractivity contribution < 1.29 is 27.4 Å². The molecule has 0 spiro atoms. The molecular weight excluding hydrogens is 504 g/mol. The van der Waals surface area contributed by atoms with E-state index in [1.807, 2.05) is 0 Å². The van der Waals surface area contributed by atoms with Crippen molar-refractivity contribution in [1.82, 2.24) is 5.32 Å². The van der Waals surface area contributed by atoms with Crippen molar-refractivity contribution in [2.45, 2.75) is 24.8 Å². The smallest absolute Gasteiger partial charge is 0.264 e. The van der Waals surface area contributed by atoms with Gasteiger partial charge < -0.3 is 19.5 Å². The maximum Gasteiger partial charge on any atom is 0.264 e. The van der Waals surface area contributed by atoms with Crippen LogP contribution >= 0.6 is 11.6 Å². The molecule has 3 aromatic carbocycles. The van der Waals surface area contributed by atoms with Crippen LogP contribution < -0.4 is 23.8 Å². The molecule has 0 radical (unpaired) electrons. The quantitative estimate of drug-likeness (QED) is 0.380. The predicted molar refractivity (Wildman–Crippen MR) is 140 cm³/mol. The third kappa shape index (κ3) is 6.22. The highest BCUT2D eigenvalue weighted by Crippen LogP contribution is 2.33. The second kappa shape index (κ2) is 12.0. The first-order valence-electron chi connectivity index (χ1n) is 11.2. The Labute approximate surface area is 216 Å². The Kier molecular flexibility index (Phi) is 9.06. The molecule has 1 amide bonds. The van der Waals surface area contributed by atoms with E-state index in [9.17, 15) is 13.2 Å². The van der Waals surface area contributed by atoms with Gasteiger partial charge in [0.05, 0.1) is 37.5 Å². The number of hydrogen-bond donors (Lipinski definition) is 1. The number of sulfonamides is 1. The van der Waals surface area contributed by atoms with Gasteiger partial charge in [-0.15, -0.1) is 0 Å². The molecule has 3 aromatic rings. The number of methoxy groups -OCH3 is 2. The fourth-order valence-corrected chi connectivity index (χ4v) is 5.15. The highest BCUT2D eigenvalue weighted by atomic mass is 35.5. The molecule has 0 heterocycles. The summed E-state index contributed by atoms with van der Waals surface area (Å²) in [6.07, 6.45) is 0. The van der Waals surface area contributed by atoms with E-state index in [0.29, 0.717) is 28.9 Å². The molecule has 0 aliphatic carbocycles. The first kappa shape index (κ1) is 27.2. The van der Waals surface area contributed by atoms with Gasteiger partial charge in [-0.05, 0) is 67.9 Å². The number of halogens is 1. The molecule has 1 atom stereocenters. The minimum Gasteiger partial charge on any atom is -0.493 e. The molecule has 0 saturated heterocycles. The zero-order valence-corrected chi connectivity index (χ0v) is 22.1. The standard InChI is InChI=1S/C26H29ClN2O6S/c1-5-35-23-9-7-6-8-22(23)29(36(31,32)21-13-11-20(27)12-14-21)17-26(30)28-18(2)19-10-15-24(33-3)25(16-19)34-4/h6-16,18H,5,17H2,1-4H3,(H,28,30). The van der Waals surface area contributed by atoms with Gasteiger partial charge in [-0.1, -0.05) is 29.8 Å². The Morgan fingerprint density at radius 1 is 0.972 bits per heavy atom. The zero-order valence-electron chi connectivity index (χ0n) is 20.5. The van der Waals surface area contributed by atoms with Gasteiger partial charge in [0.25, 0.3) is 10.0 Å². The lowest BCUT2D eigenvalue weighted by Gasteiger charge is -2.26. The van der Waals surface area contributed by atoms with Crippen LogP contribution in [0.25, 0.3) is 0 Å². The molecule has 3 rings (SSSR count). The van der Waals surface area contributed by atoms with E-state index in [-0.39, 0.29) is 10.6 Å². The topological polar surface area (TPSA) is 94.2 Å². The van der Waals surface area contributed by atoms with E-state index in [1.165, 1.54) is 31.4 Å². The average molecular weight is 533 g/mol. The maximum absolute atomic E-state index is 13.7. The summed E-state index contributed by atoms with van der Waals surface area (Å²) in [4.78, 5) is 13.2. The number of benzene rings is 3. The molecule has 0 bridgehead atoms. The van der Waals surface area contributed by atoms with Crippen molar-refractivity contribution in [2.75, 3.05) is 31.7 Å². The summed E-state index contributed by atoms with van der Waals surface area (Å²) in [5.41, 5.74) is 1.02. The first-order valence-corrected chi connectivity index (χ1v) is 13.0. The van der Waals surface area contributed by atoms with Crippen LogP contribution in [0.2, 0.25) is 5.02 Å². The SMILES string of the molecule is CCOc1ccccc1N(CC(=O)NC(C)c1ccc(OC)c(OC)c1)S(=O)(=O)c1ccc(Cl)cc1. The molecule has 0 saturated carbocycles. The second-order valence-electron chi connectivity index (χ2n) is 7.77. The van der Waals surface area contributed by atoms with Crippen LogP contribution in [-0.4, -0.2) is 41.7 Å². The third-order valence-corrected chi connectivity index (χ3v) is 7.43. The molecule has 8 nitrogen and oxygen atoms in total. The summed E-state index contributed by atoms with van der Waals surface area (Å²) in [5.74, 6) is 0.931. The third-order valence-electron chi connectivity index (χ3n) is 5.41. The lowest BCUT2D eigenvalue weighted by molar-refractivity contribution is -0.120. The van der Waals surface area contributed by atoms with Crippen molar-refractivity contribution in [3.8, 4) is 17.2 Å². The van der Waals surface area contributed by atoms with E-state index < -0.39 is 28.5 Å². The predicted octanol–water partition coefficient (Wildman–Crippen LogP) is 4.83. The number of amides is 1. The van der Waals surface area contributed by atoms with E-state index in [1.54, 1.807) is 63.4 Å². The number of carbonyl (C=O) groups is 1. The van der Waals surface area contributed by atoms with Gasteiger partial charge in [0, 0.05) is 5.02 Å². The first-order chi connectivity index (χ1) is 17.2. The normalized spacial score (nSPS) is 11.9. The molecule has 1 unspecified atom stereocenters. The monoisotopic (exact) mass is 532 g/mol. The van der Waals surface area contributed by atoms with Crippen molar-refractivity contribution in [3.63, 3.8) is 0 Å². The Morgan fingerprint density at radius 2 is 1.64 bits per heavy atom. The fourth-order valence-electron chi connectivity index (χ4n) is 3.60. The lowest BCUT2D eigenvalue weighted by atomic mass is 10.1. The zero-order chi connectivity index (χ0) is 26.3. The molecule has 36 heavy (non-hydrogen) atoms. The van der Waals surface area contributed by atoms with Crippen molar-refractivity contribution in [1.29, 1.82) is 0 Å². The van der Waals surface area contributed by atoms with E-state index in [4.69, 9.17) is 25.8 Å². The number of anilines is 1. The Balaban J connectivity index is 1.93. The number of ether oxygens (including phenoxy) is 3. The van der Waals surface area contributed by atoms with Gasteiger partial charge in [-0.2, -0.15) is 0 Å². The second-order valence-corrected chi connectivity index (χ2v) is 10.1. The van der Waals surface area contributed by atoms with Crippen molar-refractivity contribution in [3.05, 3.63) is 77.3 Å². The van der Waals surface area contributed by atoms with E-state index in [2.05, 4.69) is 5.32 Å². The molecule has 0 fully saturated rings. The van der Waals surface area contributed by atoms with Crippen LogP contribution in [0, 0.1) is 0 Å². The minimum absolute atomic E-state index is 0.000981. The van der Waals surface area contributed by atoms with Crippen molar-refractivity contribution in [2.24, 2.45) is 0 Å². The van der Waals surface area contributed by atoms with Crippen LogP contribution in [0.1, 0.15) is 25.5 Å². The van der Waals surface area contributed by atoms with Crippen LogP contribution in [0.4, 0.5) is 5.69 Å². The highest BCUT2D eigenvalue weighted by Gasteiger charge is 2.30. The summed E-state index contributed by atoms with van der Waals surface area (Å²) >= 11 is 5.96. The van der Waals surface area contributed by atoms with Crippen LogP contribution in [0.3, 0.4) is 0 Å².